The van der Waals surface area contributed by atoms with E-state index in [4.69, 9.17) is 14.2 Å². The predicted octanol–water partition coefficient (Wildman–Crippen LogP) is 6.18. The summed E-state index contributed by atoms with van der Waals surface area (Å²) in [6, 6.07) is 0. The second-order valence-corrected chi connectivity index (χ2v) is 10.8. The lowest BCUT2D eigenvalue weighted by molar-refractivity contribution is -0.193. The van der Waals surface area contributed by atoms with Gasteiger partial charge in [-0.25, -0.2) is 0 Å². The molecule has 0 amide bonds. The quantitative estimate of drug-likeness (QED) is 0.130. The van der Waals surface area contributed by atoms with Gasteiger partial charge in [0, 0.05) is 44.6 Å². The fourth-order valence-electron chi connectivity index (χ4n) is 5.35. The highest BCUT2D eigenvalue weighted by atomic mass is 19.3. The molecule has 0 N–H and O–H groups in total. The zero-order valence-corrected chi connectivity index (χ0v) is 23.4. The highest BCUT2D eigenvalue weighted by Gasteiger charge is 2.46. The van der Waals surface area contributed by atoms with Gasteiger partial charge in [0.15, 0.2) is 6.29 Å². The van der Waals surface area contributed by atoms with E-state index in [1.54, 1.807) is 13.0 Å². The topological polar surface area (TPSA) is 88.1 Å². The highest BCUT2D eigenvalue weighted by molar-refractivity contribution is 5.95. The molecular formula is C29H46F2O7. The summed E-state index contributed by atoms with van der Waals surface area (Å²) in [4.78, 5) is 35.7. The number of ether oxygens (including phenoxy) is 4. The molecule has 6 atom stereocenters. The van der Waals surface area contributed by atoms with Crippen LogP contribution in [0.25, 0.3) is 0 Å². The van der Waals surface area contributed by atoms with Gasteiger partial charge in [-0.15, -0.1) is 0 Å². The maximum atomic E-state index is 14.6. The molecule has 2 aliphatic rings. The van der Waals surface area contributed by atoms with Crippen LogP contribution in [0.15, 0.2) is 12.2 Å². The Balaban J connectivity index is 2.15. The zero-order chi connectivity index (χ0) is 28.1. The summed E-state index contributed by atoms with van der Waals surface area (Å²) >= 11 is 0. The Morgan fingerprint density at radius 1 is 1.11 bits per heavy atom. The van der Waals surface area contributed by atoms with Crippen molar-refractivity contribution in [3.8, 4) is 0 Å². The number of halogens is 2. The summed E-state index contributed by atoms with van der Waals surface area (Å²) in [5.41, 5.74) is 0. The van der Waals surface area contributed by atoms with E-state index in [1.165, 1.54) is 14.0 Å². The molecule has 0 bridgehead atoms. The minimum atomic E-state index is -3.43. The van der Waals surface area contributed by atoms with Crippen molar-refractivity contribution in [2.45, 2.75) is 122 Å². The van der Waals surface area contributed by atoms with Crippen LogP contribution in [-0.2, 0) is 33.3 Å². The summed E-state index contributed by atoms with van der Waals surface area (Å²) in [5, 5.41) is 0. The van der Waals surface area contributed by atoms with Gasteiger partial charge < -0.3 is 18.9 Å². The molecule has 1 saturated heterocycles. The van der Waals surface area contributed by atoms with Crippen LogP contribution >= 0.6 is 0 Å². The number of carbonyl (C=O) groups excluding carboxylic acids is 3. The molecule has 2 fully saturated rings. The Morgan fingerprint density at radius 3 is 2.47 bits per heavy atom. The molecule has 1 aliphatic heterocycles. The van der Waals surface area contributed by atoms with E-state index < -0.39 is 42.6 Å². The lowest BCUT2D eigenvalue weighted by atomic mass is 9.87. The maximum absolute atomic E-state index is 14.6. The lowest BCUT2D eigenvalue weighted by Gasteiger charge is -2.29. The number of alkyl halides is 2. The molecular weight excluding hydrogens is 498 g/mol. The Labute approximate surface area is 226 Å². The Kier molecular flexibility index (Phi) is 13.9. The van der Waals surface area contributed by atoms with Gasteiger partial charge in [0.2, 0.25) is 5.78 Å². The van der Waals surface area contributed by atoms with Gasteiger partial charge in [-0.05, 0) is 44.1 Å². The number of esters is 2. The number of carbonyl (C=O) groups is 3. The zero-order valence-electron chi connectivity index (χ0n) is 23.4. The van der Waals surface area contributed by atoms with E-state index >= 15 is 0 Å². The maximum Gasteiger partial charge on any atom is 0.309 e. The van der Waals surface area contributed by atoms with Crippen molar-refractivity contribution in [2.75, 3.05) is 13.7 Å². The van der Waals surface area contributed by atoms with Crippen LogP contribution in [0.1, 0.15) is 97.8 Å². The van der Waals surface area contributed by atoms with E-state index in [9.17, 15) is 23.2 Å². The van der Waals surface area contributed by atoms with E-state index in [0.29, 0.717) is 32.3 Å². The average Bonchev–Trinajstić information content (AvgIpc) is 3.18. The van der Waals surface area contributed by atoms with E-state index in [-0.39, 0.29) is 23.7 Å². The van der Waals surface area contributed by atoms with E-state index in [2.05, 4.69) is 4.74 Å². The van der Waals surface area contributed by atoms with Crippen LogP contribution < -0.4 is 0 Å². The number of rotatable bonds is 16. The predicted molar refractivity (Wildman–Crippen MR) is 138 cm³/mol. The van der Waals surface area contributed by atoms with Gasteiger partial charge in [-0.1, -0.05) is 45.6 Å². The third kappa shape index (κ3) is 10.7. The Hall–Kier alpha value is -1.87. The summed E-state index contributed by atoms with van der Waals surface area (Å²) in [7, 11) is 1.37. The first-order chi connectivity index (χ1) is 18.1. The third-order valence-corrected chi connectivity index (χ3v) is 7.68. The molecule has 1 heterocycles. The molecule has 0 spiro atoms. The van der Waals surface area contributed by atoms with Gasteiger partial charge in [0.25, 0.3) is 0 Å². The first-order valence-corrected chi connectivity index (χ1v) is 14.2. The van der Waals surface area contributed by atoms with Crippen LogP contribution in [-0.4, -0.2) is 55.9 Å². The Morgan fingerprint density at radius 2 is 1.84 bits per heavy atom. The van der Waals surface area contributed by atoms with Crippen molar-refractivity contribution in [1.29, 1.82) is 0 Å². The number of allylic oxidation sites excluding steroid dienone is 1. The average molecular weight is 545 g/mol. The Bertz CT molecular complexity index is 779. The first-order valence-electron chi connectivity index (χ1n) is 14.2. The fourth-order valence-corrected chi connectivity index (χ4v) is 5.35. The van der Waals surface area contributed by atoms with E-state index in [1.807, 2.05) is 6.92 Å². The van der Waals surface area contributed by atoms with Crippen LogP contribution in [0.3, 0.4) is 0 Å². The third-order valence-electron chi connectivity index (χ3n) is 7.68. The summed E-state index contributed by atoms with van der Waals surface area (Å²) in [6.45, 7) is 5.48. The van der Waals surface area contributed by atoms with Gasteiger partial charge in [0.1, 0.15) is 6.10 Å². The second-order valence-electron chi connectivity index (χ2n) is 10.8. The number of ketones is 1. The smallest absolute Gasteiger partial charge is 0.309 e. The van der Waals surface area contributed by atoms with Crippen molar-refractivity contribution < 1.29 is 42.1 Å². The molecule has 0 aromatic heterocycles. The minimum absolute atomic E-state index is 0.180. The first kappa shape index (κ1) is 32.3. The fraction of sp³-hybridized carbons (Fsp3) is 0.828. The van der Waals surface area contributed by atoms with Gasteiger partial charge >= 0.3 is 17.9 Å². The lowest BCUT2D eigenvalue weighted by Crippen LogP contribution is -2.32. The molecule has 2 unspecified atom stereocenters. The van der Waals surface area contributed by atoms with Crippen molar-refractivity contribution >= 4 is 17.7 Å². The second kappa shape index (κ2) is 16.3. The summed E-state index contributed by atoms with van der Waals surface area (Å²) < 4.78 is 51.5. The van der Waals surface area contributed by atoms with Crippen LogP contribution in [0.2, 0.25) is 0 Å². The van der Waals surface area contributed by atoms with Crippen molar-refractivity contribution in [3.63, 3.8) is 0 Å². The standard InChI is InChI=1S/C29H46F2O7/c1-5-20(2)19-29(30,31)26(33)16-15-23-22(12-8-6-7-9-13-27(34)35-4)24(37-21(3)32)18-25(23)38-28-14-10-11-17-36-28/h15-16,20,22-25,28H,5-14,17-19H2,1-4H3/t20-,22?,23+,24-,25+,28?/m0/s1. The van der Waals surface area contributed by atoms with Gasteiger partial charge in [0.05, 0.1) is 13.2 Å². The van der Waals surface area contributed by atoms with Crippen LogP contribution in [0.5, 0.6) is 0 Å². The molecule has 218 valence electrons. The normalized spacial score (nSPS) is 26.8. The molecule has 9 heteroatoms. The monoisotopic (exact) mass is 544 g/mol. The molecule has 0 aromatic carbocycles. The molecule has 1 aliphatic carbocycles. The summed E-state index contributed by atoms with van der Waals surface area (Å²) in [6.07, 6.45) is 8.73. The highest BCUT2D eigenvalue weighted by Crippen LogP contribution is 2.42. The van der Waals surface area contributed by atoms with Crippen molar-refractivity contribution in [1.82, 2.24) is 0 Å². The molecule has 2 rings (SSSR count). The number of hydrogen-bond donors (Lipinski definition) is 0. The molecule has 0 radical (unpaired) electrons. The number of unbranched alkanes of at least 4 members (excludes halogenated alkanes) is 3. The molecule has 38 heavy (non-hydrogen) atoms. The minimum Gasteiger partial charge on any atom is -0.469 e. The molecule has 1 saturated carbocycles. The number of methoxy groups -OCH3 is 1. The van der Waals surface area contributed by atoms with Gasteiger partial charge in [-0.2, -0.15) is 8.78 Å². The van der Waals surface area contributed by atoms with Crippen LogP contribution in [0.4, 0.5) is 8.78 Å². The summed E-state index contributed by atoms with van der Waals surface area (Å²) in [5.74, 6) is -6.11. The van der Waals surface area contributed by atoms with Crippen molar-refractivity contribution in [3.05, 3.63) is 12.2 Å². The van der Waals surface area contributed by atoms with Crippen molar-refractivity contribution in [2.24, 2.45) is 17.8 Å². The number of hydrogen-bond acceptors (Lipinski definition) is 7. The molecule has 0 aromatic rings. The van der Waals surface area contributed by atoms with Gasteiger partial charge in [-0.3, -0.25) is 14.4 Å². The van der Waals surface area contributed by atoms with Crippen LogP contribution in [0, 0.1) is 17.8 Å². The molecule has 7 nitrogen and oxygen atoms in total. The SMILES string of the molecule is CC[C@H](C)CC(F)(F)C(=O)C=C[C@@H]1C(CCCCCCC(=O)OC)[C@@H](OC(C)=O)C[C@H]1OC1CCCCO1. The van der Waals surface area contributed by atoms with E-state index in [0.717, 1.165) is 51.0 Å². The largest absolute Gasteiger partial charge is 0.469 e.